The van der Waals surface area contributed by atoms with Gasteiger partial charge in [-0.25, -0.2) is 0 Å². The van der Waals surface area contributed by atoms with E-state index in [0.29, 0.717) is 45.1 Å². The molecule has 2 aromatic carbocycles. The lowest BCUT2D eigenvalue weighted by Gasteiger charge is -2.11. The minimum Gasteiger partial charge on any atom is -0.491 e. The van der Waals surface area contributed by atoms with Crippen molar-refractivity contribution >= 4 is 52.5 Å². The first-order valence-electron chi connectivity index (χ1n) is 8.40. The van der Waals surface area contributed by atoms with Gasteiger partial charge < -0.3 is 20.1 Å². The Morgan fingerprint density at radius 1 is 1.11 bits per heavy atom. The lowest BCUT2D eigenvalue weighted by Crippen LogP contribution is -2.09. The number of carbonyl (C=O) groups excluding carboxylic acids is 2. The van der Waals surface area contributed by atoms with Gasteiger partial charge >= 0.3 is 0 Å². The molecule has 0 aliphatic rings. The summed E-state index contributed by atoms with van der Waals surface area (Å²) in [4.78, 5) is 23.3. The highest BCUT2D eigenvalue weighted by atomic mass is 35.5. The number of halogens is 2. The van der Waals surface area contributed by atoms with Crippen molar-refractivity contribution in [3.8, 4) is 11.5 Å². The van der Waals surface area contributed by atoms with Crippen molar-refractivity contribution in [3.05, 3.63) is 52.0 Å². The van der Waals surface area contributed by atoms with Crippen molar-refractivity contribution in [2.45, 2.75) is 13.8 Å². The Morgan fingerprint density at radius 3 is 2.46 bits per heavy atom. The van der Waals surface area contributed by atoms with Crippen molar-refractivity contribution in [1.29, 1.82) is 0 Å². The second-order valence-electron chi connectivity index (χ2n) is 5.67. The Labute approximate surface area is 173 Å². The molecule has 2 rings (SSSR count). The fraction of sp³-hybridized carbons (Fsp3) is 0.200. The van der Waals surface area contributed by atoms with E-state index in [1.165, 1.54) is 20.1 Å². The molecule has 0 radical (unpaired) electrons. The van der Waals surface area contributed by atoms with Crippen LogP contribution in [0.5, 0.6) is 11.5 Å². The summed E-state index contributed by atoms with van der Waals surface area (Å²) < 4.78 is 10.7. The number of methoxy groups -OCH3 is 1. The van der Waals surface area contributed by atoms with E-state index in [0.717, 1.165) is 0 Å². The average Bonchev–Trinajstić information content (AvgIpc) is 2.62. The molecule has 2 N–H and O–H groups in total. The molecule has 148 valence electrons. The molecule has 0 aromatic heterocycles. The van der Waals surface area contributed by atoms with Gasteiger partial charge in [0.2, 0.25) is 11.8 Å². The van der Waals surface area contributed by atoms with E-state index in [4.69, 9.17) is 32.7 Å². The zero-order valence-electron chi connectivity index (χ0n) is 15.6. The Morgan fingerprint density at radius 2 is 1.86 bits per heavy atom. The summed E-state index contributed by atoms with van der Waals surface area (Å²) in [7, 11) is 1.51. The summed E-state index contributed by atoms with van der Waals surface area (Å²) in [5.41, 5.74) is 1.65. The minimum atomic E-state index is -0.376. The van der Waals surface area contributed by atoms with Crippen molar-refractivity contribution < 1.29 is 19.1 Å². The summed E-state index contributed by atoms with van der Waals surface area (Å²) in [6.45, 7) is 3.70. The van der Waals surface area contributed by atoms with Crippen LogP contribution in [0.3, 0.4) is 0 Å². The molecule has 0 saturated carbocycles. The highest BCUT2D eigenvalue weighted by Gasteiger charge is 2.11. The van der Waals surface area contributed by atoms with Gasteiger partial charge in [0.25, 0.3) is 0 Å². The van der Waals surface area contributed by atoms with Gasteiger partial charge in [0.15, 0.2) is 11.5 Å². The van der Waals surface area contributed by atoms with Crippen LogP contribution in [0.2, 0.25) is 10.0 Å². The predicted octanol–water partition coefficient (Wildman–Crippen LogP) is 5.01. The molecule has 2 amide bonds. The van der Waals surface area contributed by atoms with E-state index >= 15 is 0 Å². The van der Waals surface area contributed by atoms with Crippen LogP contribution >= 0.6 is 23.2 Å². The van der Waals surface area contributed by atoms with Crippen LogP contribution in [-0.4, -0.2) is 25.5 Å². The average molecular weight is 423 g/mol. The summed E-state index contributed by atoms with van der Waals surface area (Å²) in [6, 6.07) is 8.20. The maximum absolute atomic E-state index is 12.2. The number of carbonyl (C=O) groups is 2. The molecule has 28 heavy (non-hydrogen) atoms. The van der Waals surface area contributed by atoms with Gasteiger partial charge in [-0.3, -0.25) is 9.59 Å². The standard InChI is InChI=1S/C20H20Cl2N2O4/c1-4-28-18-10-13(9-16(22)20(18)27-3)5-8-19(26)24-17-7-6-14(11-15(17)21)23-12(2)25/h5-11H,4H2,1-3H3,(H,23,25)(H,24,26)/b8-5+. The molecule has 0 unspecified atom stereocenters. The third-order valence-electron chi connectivity index (χ3n) is 3.51. The number of anilines is 2. The SMILES string of the molecule is CCOc1cc(/C=C/C(=O)Nc2ccc(NC(C)=O)cc2Cl)cc(Cl)c1OC. The summed E-state index contributed by atoms with van der Waals surface area (Å²) in [5, 5.41) is 5.98. The minimum absolute atomic E-state index is 0.208. The fourth-order valence-electron chi connectivity index (χ4n) is 2.39. The first-order chi connectivity index (χ1) is 13.3. The first kappa shape index (κ1) is 21.6. The number of amides is 2. The Balaban J connectivity index is 2.12. The van der Waals surface area contributed by atoms with Crippen LogP contribution in [0.1, 0.15) is 19.4 Å². The number of benzene rings is 2. The Hall–Kier alpha value is -2.70. The van der Waals surface area contributed by atoms with Crippen LogP contribution in [0.15, 0.2) is 36.4 Å². The first-order valence-corrected chi connectivity index (χ1v) is 9.16. The summed E-state index contributed by atoms with van der Waals surface area (Å²) in [6.07, 6.45) is 2.95. The van der Waals surface area contributed by atoms with E-state index < -0.39 is 0 Å². The highest BCUT2D eigenvalue weighted by Crippen LogP contribution is 2.36. The van der Waals surface area contributed by atoms with E-state index in [-0.39, 0.29) is 11.8 Å². The predicted molar refractivity (Wildman–Crippen MR) is 113 cm³/mol. The van der Waals surface area contributed by atoms with Gasteiger partial charge in [-0.15, -0.1) is 0 Å². The molecular formula is C20H20Cl2N2O4. The summed E-state index contributed by atoms with van der Waals surface area (Å²) in [5.74, 6) is 0.352. The van der Waals surface area contributed by atoms with Gasteiger partial charge in [-0.1, -0.05) is 23.2 Å². The number of rotatable bonds is 7. The Kier molecular flexibility index (Phi) is 7.72. The second kappa shape index (κ2) is 10.0. The molecule has 6 nitrogen and oxygen atoms in total. The zero-order valence-corrected chi connectivity index (χ0v) is 17.1. The van der Waals surface area contributed by atoms with Gasteiger partial charge in [0.1, 0.15) is 0 Å². The quantitative estimate of drug-likeness (QED) is 0.614. The highest BCUT2D eigenvalue weighted by molar-refractivity contribution is 6.34. The number of hydrogen-bond acceptors (Lipinski definition) is 4. The van der Waals surface area contributed by atoms with Gasteiger partial charge in [-0.2, -0.15) is 0 Å². The molecule has 0 fully saturated rings. The third kappa shape index (κ3) is 5.90. The number of hydrogen-bond donors (Lipinski definition) is 2. The van der Waals surface area contributed by atoms with Gasteiger partial charge in [0, 0.05) is 18.7 Å². The molecule has 8 heteroatoms. The lowest BCUT2D eigenvalue weighted by atomic mass is 10.2. The molecule has 0 spiro atoms. The zero-order chi connectivity index (χ0) is 20.7. The van der Waals surface area contributed by atoms with E-state index in [1.54, 1.807) is 36.4 Å². The van der Waals surface area contributed by atoms with E-state index in [9.17, 15) is 9.59 Å². The van der Waals surface area contributed by atoms with Crippen molar-refractivity contribution in [3.63, 3.8) is 0 Å². The van der Waals surface area contributed by atoms with E-state index in [2.05, 4.69) is 10.6 Å². The van der Waals surface area contributed by atoms with Crippen LogP contribution < -0.4 is 20.1 Å². The van der Waals surface area contributed by atoms with Crippen LogP contribution in [0.4, 0.5) is 11.4 Å². The molecule has 0 aliphatic heterocycles. The topological polar surface area (TPSA) is 76.7 Å². The molecular weight excluding hydrogens is 403 g/mol. The maximum atomic E-state index is 12.2. The molecule has 0 aliphatic carbocycles. The van der Waals surface area contributed by atoms with Crippen molar-refractivity contribution in [2.24, 2.45) is 0 Å². The van der Waals surface area contributed by atoms with Gasteiger partial charge in [-0.05, 0) is 48.9 Å². The van der Waals surface area contributed by atoms with Crippen molar-refractivity contribution in [2.75, 3.05) is 24.4 Å². The summed E-state index contributed by atoms with van der Waals surface area (Å²) >= 11 is 12.3. The smallest absolute Gasteiger partial charge is 0.248 e. The number of ether oxygens (including phenoxy) is 2. The maximum Gasteiger partial charge on any atom is 0.248 e. The fourth-order valence-corrected chi connectivity index (χ4v) is 2.91. The van der Waals surface area contributed by atoms with E-state index in [1.807, 2.05) is 6.92 Å². The van der Waals surface area contributed by atoms with Crippen LogP contribution in [-0.2, 0) is 9.59 Å². The normalized spacial score (nSPS) is 10.6. The van der Waals surface area contributed by atoms with Crippen LogP contribution in [0, 0.1) is 0 Å². The monoisotopic (exact) mass is 422 g/mol. The van der Waals surface area contributed by atoms with Gasteiger partial charge in [0.05, 0.1) is 29.4 Å². The lowest BCUT2D eigenvalue weighted by molar-refractivity contribution is -0.114. The van der Waals surface area contributed by atoms with Crippen LogP contribution in [0.25, 0.3) is 6.08 Å². The molecule has 0 heterocycles. The molecule has 0 saturated heterocycles. The molecule has 2 aromatic rings. The third-order valence-corrected chi connectivity index (χ3v) is 4.10. The molecule has 0 bridgehead atoms. The van der Waals surface area contributed by atoms with Crippen molar-refractivity contribution in [1.82, 2.24) is 0 Å². The second-order valence-corrected chi connectivity index (χ2v) is 6.48. The largest absolute Gasteiger partial charge is 0.491 e. The number of nitrogens with one attached hydrogen (secondary N) is 2. The molecule has 0 atom stereocenters. The Bertz CT molecular complexity index is 913.